The van der Waals surface area contributed by atoms with E-state index in [-0.39, 0.29) is 5.92 Å². The van der Waals surface area contributed by atoms with Crippen LogP contribution in [0, 0.1) is 20.8 Å². The monoisotopic (exact) mass is 526 g/mol. The fraction of sp³-hybridized carbons (Fsp3) is 0.556. The molecule has 1 aliphatic heterocycles. The van der Waals surface area contributed by atoms with Crippen molar-refractivity contribution in [2.24, 2.45) is 0 Å². The number of aromatic nitrogens is 5. The highest BCUT2D eigenvalue weighted by Gasteiger charge is 2.33. The van der Waals surface area contributed by atoms with Crippen LogP contribution in [0.4, 0.5) is 4.79 Å². The number of halogens is 1. The SMILES string of the molecule is Cc1nn(C2CCC(c3nnc4n3-c3ccc(Cl)cc3CN(OC(=O)OC(C)(C)C)C4)CC2)c(C)c1C. The number of ether oxygens (including phenoxy) is 1. The zero-order chi connectivity index (χ0) is 26.5. The molecule has 0 N–H and O–H groups in total. The van der Waals surface area contributed by atoms with Crippen LogP contribution in [-0.2, 0) is 22.7 Å². The predicted molar refractivity (Wildman–Crippen MR) is 140 cm³/mol. The second-order valence-corrected chi connectivity index (χ2v) is 11.6. The molecule has 1 aromatic carbocycles. The molecule has 3 aromatic rings. The van der Waals surface area contributed by atoms with Crippen LogP contribution in [0.2, 0.25) is 5.02 Å². The Bertz CT molecular complexity index is 1320. The first-order valence-corrected chi connectivity index (χ1v) is 13.3. The molecule has 2 aromatic heterocycles. The molecule has 1 saturated carbocycles. The van der Waals surface area contributed by atoms with Crippen LogP contribution < -0.4 is 0 Å². The summed E-state index contributed by atoms with van der Waals surface area (Å²) >= 11 is 6.36. The van der Waals surface area contributed by atoms with Gasteiger partial charge in [-0.3, -0.25) is 9.25 Å². The van der Waals surface area contributed by atoms with E-state index in [0.29, 0.717) is 24.2 Å². The maximum absolute atomic E-state index is 12.4. The van der Waals surface area contributed by atoms with Gasteiger partial charge in [-0.2, -0.15) is 5.10 Å². The lowest BCUT2D eigenvalue weighted by Gasteiger charge is -2.29. The lowest BCUT2D eigenvalue weighted by atomic mass is 9.85. The third-order valence-electron chi connectivity index (χ3n) is 7.39. The fourth-order valence-electron chi connectivity index (χ4n) is 5.38. The number of hydroxylamine groups is 2. The number of benzene rings is 1. The van der Waals surface area contributed by atoms with Crippen molar-refractivity contribution in [1.29, 1.82) is 0 Å². The molecule has 198 valence electrons. The minimum Gasteiger partial charge on any atom is -0.427 e. The first kappa shape index (κ1) is 25.7. The highest BCUT2D eigenvalue weighted by Crippen LogP contribution is 2.40. The van der Waals surface area contributed by atoms with E-state index in [1.54, 1.807) is 25.8 Å². The number of rotatable bonds is 3. The third kappa shape index (κ3) is 5.25. The average molecular weight is 527 g/mol. The van der Waals surface area contributed by atoms with Crippen LogP contribution in [0.15, 0.2) is 18.2 Å². The van der Waals surface area contributed by atoms with E-state index in [1.807, 2.05) is 18.2 Å². The first-order valence-electron chi connectivity index (χ1n) is 12.9. The normalized spacial score (nSPS) is 20.2. The van der Waals surface area contributed by atoms with Gasteiger partial charge in [-0.15, -0.1) is 15.3 Å². The summed E-state index contributed by atoms with van der Waals surface area (Å²) in [5, 5.41) is 16.2. The Balaban J connectivity index is 1.40. The number of hydrogen-bond acceptors (Lipinski definition) is 7. The van der Waals surface area contributed by atoms with Crippen molar-refractivity contribution in [2.45, 2.75) is 97.9 Å². The maximum Gasteiger partial charge on any atom is 0.528 e. The van der Waals surface area contributed by atoms with Gasteiger partial charge in [-0.1, -0.05) is 11.6 Å². The van der Waals surface area contributed by atoms with Crippen molar-refractivity contribution in [3.8, 4) is 5.69 Å². The molecule has 10 heteroatoms. The molecule has 0 saturated heterocycles. The molecule has 37 heavy (non-hydrogen) atoms. The number of carbonyl (C=O) groups is 1. The smallest absolute Gasteiger partial charge is 0.427 e. The van der Waals surface area contributed by atoms with E-state index in [4.69, 9.17) is 26.3 Å². The van der Waals surface area contributed by atoms with Gasteiger partial charge in [0.25, 0.3) is 0 Å². The molecule has 1 fully saturated rings. The standard InChI is InChI=1S/C27H35ClN6O3/c1-16-17(2)31-34(18(16)3)22-10-7-19(8-11-22)25-30-29-24-15-32(37-26(35)36-27(4,5)6)14-20-13-21(28)9-12-23(20)33(24)25/h9,12-13,19,22H,7-8,10-11,14-15H2,1-6H3. The molecule has 0 radical (unpaired) electrons. The van der Waals surface area contributed by atoms with E-state index in [0.717, 1.165) is 54.3 Å². The van der Waals surface area contributed by atoms with Gasteiger partial charge in [0.15, 0.2) is 5.82 Å². The molecular weight excluding hydrogens is 492 g/mol. The summed E-state index contributed by atoms with van der Waals surface area (Å²) in [6.07, 6.45) is 3.33. The Labute approximate surface area is 222 Å². The molecule has 1 aliphatic carbocycles. The van der Waals surface area contributed by atoms with Gasteiger partial charge < -0.3 is 9.57 Å². The van der Waals surface area contributed by atoms with Crippen molar-refractivity contribution < 1.29 is 14.4 Å². The van der Waals surface area contributed by atoms with E-state index >= 15 is 0 Å². The van der Waals surface area contributed by atoms with Gasteiger partial charge in [0.2, 0.25) is 0 Å². The fourth-order valence-corrected chi connectivity index (χ4v) is 5.57. The molecule has 2 aliphatic rings. The summed E-state index contributed by atoms with van der Waals surface area (Å²) < 4.78 is 9.71. The molecule has 9 nitrogen and oxygen atoms in total. The lowest BCUT2D eigenvalue weighted by molar-refractivity contribution is -0.155. The Kier molecular flexibility index (Phi) is 6.79. The molecule has 0 spiro atoms. The number of aryl methyl sites for hydroxylation is 1. The zero-order valence-electron chi connectivity index (χ0n) is 22.4. The van der Waals surface area contributed by atoms with Gasteiger partial charge in [0.05, 0.1) is 30.5 Å². The van der Waals surface area contributed by atoms with E-state index < -0.39 is 11.8 Å². The Morgan fingerprint density at radius 3 is 2.43 bits per heavy atom. The molecule has 0 bridgehead atoms. The molecule has 3 heterocycles. The van der Waals surface area contributed by atoms with Gasteiger partial charge in [0.1, 0.15) is 11.4 Å². The van der Waals surface area contributed by atoms with Gasteiger partial charge in [-0.05, 0) is 96.6 Å². The van der Waals surface area contributed by atoms with Gasteiger partial charge >= 0.3 is 6.16 Å². The van der Waals surface area contributed by atoms with Crippen molar-refractivity contribution in [1.82, 2.24) is 29.6 Å². The summed E-state index contributed by atoms with van der Waals surface area (Å²) in [6, 6.07) is 6.18. The number of hydrogen-bond donors (Lipinski definition) is 0. The van der Waals surface area contributed by atoms with E-state index in [9.17, 15) is 4.79 Å². The molecule has 0 atom stereocenters. The van der Waals surface area contributed by atoms with Crippen molar-refractivity contribution in [3.63, 3.8) is 0 Å². The summed E-state index contributed by atoms with van der Waals surface area (Å²) in [7, 11) is 0. The minimum atomic E-state index is -0.748. The second kappa shape index (κ2) is 9.76. The summed E-state index contributed by atoms with van der Waals surface area (Å²) in [6.45, 7) is 12.5. The molecule has 5 rings (SSSR count). The van der Waals surface area contributed by atoms with Crippen LogP contribution in [0.5, 0.6) is 0 Å². The molecule has 0 amide bonds. The maximum atomic E-state index is 12.4. The largest absolute Gasteiger partial charge is 0.528 e. The van der Waals surface area contributed by atoms with Crippen LogP contribution in [0.3, 0.4) is 0 Å². The van der Waals surface area contributed by atoms with Gasteiger partial charge in [-0.25, -0.2) is 4.79 Å². The minimum absolute atomic E-state index is 0.275. The second-order valence-electron chi connectivity index (χ2n) is 11.2. The van der Waals surface area contributed by atoms with Gasteiger partial charge in [0, 0.05) is 16.6 Å². The van der Waals surface area contributed by atoms with Crippen LogP contribution in [0.25, 0.3) is 5.69 Å². The van der Waals surface area contributed by atoms with E-state index in [1.165, 1.54) is 11.3 Å². The molecular formula is C27H35ClN6O3. The van der Waals surface area contributed by atoms with Crippen molar-refractivity contribution in [2.75, 3.05) is 0 Å². The summed E-state index contributed by atoms with van der Waals surface area (Å²) in [4.78, 5) is 18.0. The number of nitrogens with zero attached hydrogens (tertiary/aromatic N) is 6. The predicted octanol–water partition coefficient (Wildman–Crippen LogP) is 6.12. The van der Waals surface area contributed by atoms with Crippen molar-refractivity contribution >= 4 is 17.8 Å². The average Bonchev–Trinajstić information content (AvgIpc) is 3.29. The van der Waals surface area contributed by atoms with Crippen LogP contribution in [0.1, 0.15) is 92.6 Å². The van der Waals surface area contributed by atoms with Crippen LogP contribution in [-0.4, -0.2) is 41.4 Å². The third-order valence-corrected chi connectivity index (χ3v) is 7.62. The number of carbonyl (C=O) groups excluding carboxylic acids is 1. The first-order chi connectivity index (χ1) is 17.5. The summed E-state index contributed by atoms with van der Waals surface area (Å²) in [5.41, 5.74) is 4.89. The number of fused-ring (bicyclic) bond motifs is 3. The lowest BCUT2D eigenvalue weighted by Crippen LogP contribution is -2.31. The Morgan fingerprint density at radius 2 is 1.78 bits per heavy atom. The topological polar surface area (TPSA) is 87.3 Å². The quantitative estimate of drug-likeness (QED) is 0.380. The van der Waals surface area contributed by atoms with Crippen molar-refractivity contribution in [3.05, 3.63) is 57.4 Å². The van der Waals surface area contributed by atoms with E-state index in [2.05, 4.69) is 40.2 Å². The highest BCUT2D eigenvalue weighted by atomic mass is 35.5. The Morgan fingerprint density at radius 1 is 1.05 bits per heavy atom. The Hall–Kier alpha value is -2.91. The molecule has 0 unspecified atom stereocenters. The summed E-state index contributed by atoms with van der Waals surface area (Å²) in [5.74, 6) is 1.94. The highest BCUT2D eigenvalue weighted by molar-refractivity contribution is 6.30. The van der Waals surface area contributed by atoms with Crippen LogP contribution >= 0.6 is 11.6 Å². The zero-order valence-corrected chi connectivity index (χ0v) is 23.2.